The quantitative estimate of drug-likeness (QED) is 0.530. The van der Waals surface area contributed by atoms with Gasteiger partial charge in [0.05, 0.1) is 24.1 Å². The Kier molecular flexibility index (Phi) is 5.88. The van der Waals surface area contributed by atoms with Crippen LogP contribution in [0.4, 0.5) is 5.95 Å². The molecule has 6 rings (SSSR count). The number of benzene rings is 1. The number of hydrogen-bond donors (Lipinski definition) is 1. The largest absolute Gasteiger partial charge is 0.457 e. The fourth-order valence-corrected chi connectivity index (χ4v) is 5.94. The molecule has 0 amide bonds. The molecule has 0 aliphatic carbocycles. The van der Waals surface area contributed by atoms with Gasteiger partial charge in [0.2, 0.25) is 5.95 Å². The Morgan fingerprint density at radius 3 is 2.69 bits per heavy atom. The highest BCUT2D eigenvalue weighted by Crippen LogP contribution is 2.41. The van der Waals surface area contributed by atoms with E-state index in [1.54, 1.807) is 23.1 Å². The Bertz CT molecular complexity index is 1240. The first kappa shape index (κ1) is 23.0. The van der Waals surface area contributed by atoms with Crippen LogP contribution in [0.1, 0.15) is 58.8 Å². The molecule has 1 atom stereocenters. The van der Waals surface area contributed by atoms with E-state index in [9.17, 15) is 9.90 Å². The number of tetrazole rings is 1. The highest BCUT2D eigenvalue weighted by Gasteiger charge is 2.39. The molecule has 0 radical (unpaired) electrons. The second-order valence-corrected chi connectivity index (χ2v) is 10.2. The van der Waals surface area contributed by atoms with E-state index >= 15 is 0 Å². The average Bonchev–Trinajstić information content (AvgIpc) is 3.57. The lowest BCUT2D eigenvalue weighted by Crippen LogP contribution is -2.50. The summed E-state index contributed by atoms with van der Waals surface area (Å²) < 4.78 is 6.71. The summed E-state index contributed by atoms with van der Waals surface area (Å²) >= 11 is 0. The van der Waals surface area contributed by atoms with Crippen molar-refractivity contribution >= 4 is 11.9 Å². The number of ether oxygens (including phenoxy) is 1. The maximum absolute atomic E-state index is 11.8. The maximum atomic E-state index is 11.8. The molecule has 0 bridgehead atoms. The number of esters is 1. The molecular weight excluding hydrogens is 460 g/mol. The second kappa shape index (κ2) is 9.21. The Morgan fingerprint density at radius 2 is 1.94 bits per heavy atom. The fraction of sp³-hybridized carbons (Fsp3) is 0.520. The van der Waals surface area contributed by atoms with Gasteiger partial charge in [0.1, 0.15) is 18.6 Å². The van der Waals surface area contributed by atoms with Gasteiger partial charge in [-0.2, -0.15) is 4.68 Å². The smallest absolute Gasteiger partial charge is 0.338 e. The number of aliphatic hydroxyl groups excluding tert-OH is 1. The van der Waals surface area contributed by atoms with Crippen LogP contribution in [0.2, 0.25) is 0 Å². The molecule has 188 valence electrons. The number of rotatable bonds is 5. The SMILES string of the molecule is Cc1c(C(O)CN2CCC3(CCCN(c4ncc(-n5cnnn5)cn4)C3)CC2)ccc2c1COC2=O. The molecule has 11 nitrogen and oxygen atoms in total. The van der Waals surface area contributed by atoms with Crippen LogP contribution in [0.15, 0.2) is 30.9 Å². The van der Waals surface area contributed by atoms with E-state index in [1.165, 1.54) is 12.7 Å². The first-order valence-corrected chi connectivity index (χ1v) is 12.5. The monoisotopic (exact) mass is 490 g/mol. The van der Waals surface area contributed by atoms with Crippen molar-refractivity contribution in [3.8, 4) is 5.69 Å². The summed E-state index contributed by atoms with van der Waals surface area (Å²) in [6, 6.07) is 3.66. The van der Waals surface area contributed by atoms with Gasteiger partial charge in [-0.25, -0.2) is 14.8 Å². The van der Waals surface area contributed by atoms with Gasteiger partial charge < -0.3 is 19.6 Å². The summed E-state index contributed by atoms with van der Waals surface area (Å²) in [6.07, 6.45) is 8.96. The van der Waals surface area contributed by atoms with Gasteiger partial charge in [-0.05, 0) is 78.7 Å². The zero-order valence-corrected chi connectivity index (χ0v) is 20.4. The van der Waals surface area contributed by atoms with E-state index in [-0.39, 0.29) is 11.4 Å². The topological polar surface area (TPSA) is 122 Å². The molecule has 1 aromatic carbocycles. The lowest BCUT2D eigenvalue weighted by Gasteiger charge is -2.48. The maximum Gasteiger partial charge on any atom is 0.338 e. The minimum Gasteiger partial charge on any atom is -0.457 e. The molecule has 1 unspecified atom stereocenters. The third-order valence-electron chi connectivity index (χ3n) is 8.10. The van der Waals surface area contributed by atoms with Gasteiger partial charge in [-0.15, -0.1) is 5.10 Å². The summed E-state index contributed by atoms with van der Waals surface area (Å²) in [5.41, 5.74) is 4.37. The molecule has 3 aliphatic rings. The third kappa shape index (κ3) is 4.22. The molecule has 3 aliphatic heterocycles. The van der Waals surface area contributed by atoms with Crippen molar-refractivity contribution in [2.24, 2.45) is 5.41 Å². The predicted molar refractivity (Wildman–Crippen MR) is 130 cm³/mol. The lowest BCUT2D eigenvalue weighted by atomic mass is 9.72. The second-order valence-electron chi connectivity index (χ2n) is 10.2. The summed E-state index contributed by atoms with van der Waals surface area (Å²) in [5, 5.41) is 22.2. The van der Waals surface area contributed by atoms with Crippen molar-refractivity contribution in [2.75, 3.05) is 37.6 Å². The molecular formula is C25H30N8O3. The number of nitrogens with zero attached hydrogens (tertiary/aromatic N) is 8. The van der Waals surface area contributed by atoms with Crippen LogP contribution < -0.4 is 4.90 Å². The number of likely N-dealkylation sites (tertiary alicyclic amines) is 1. The van der Waals surface area contributed by atoms with E-state index in [1.807, 2.05) is 13.0 Å². The van der Waals surface area contributed by atoms with Crippen LogP contribution in [-0.2, 0) is 11.3 Å². The number of anilines is 1. The Balaban J connectivity index is 1.07. The summed E-state index contributed by atoms with van der Waals surface area (Å²) in [6.45, 7) is 6.68. The minimum atomic E-state index is -0.588. The summed E-state index contributed by atoms with van der Waals surface area (Å²) in [4.78, 5) is 25.7. The standard InChI is InChI=1S/C25H30N8O3/c1-17-19(3-4-20-21(17)14-36-23(20)35)22(34)13-31-9-6-25(7-10-31)5-2-8-32(15-25)24-26-11-18(12-27-24)33-16-28-29-30-33/h3-4,11-12,16,22,34H,2,5-10,13-15H2,1H3. The first-order chi connectivity index (χ1) is 17.5. The summed E-state index contributed by atoms with van der Waals surface area (Å²) in [5.74, 6) is 0.476. The van der Waals surface area contributed by atoms with E-state index in [4.69, 9.17) is 4.74 Å². The van der Waals surface area contributed by atoms with Crippen LogP contribution in [-0.4, -0.2) is 78.9 Å². The fourth-order valence-electron chi connectivity index (χ4n) is 5.94. The number of aliphatic hydroxyl groups is 1. The van der Waals surface area contributed by atoms with Crippen LogP contribution >= 0.6 is 0 Å². The number of carbonyl (C=O) groups is 1. The number of aromatic nitrogens is 6. The van der Waals surface area contributed by atoms with Crippen LogP contribution in [0, 0.1) is 12.3 Å². The van der Waals surface area contributed by atoms with Crippen molar-refractivity contribution < 1.29 is 14.6 Å². The van der Waals surface area contributed by atoms with Crippen molar-refractivity contribution in [1.82, 2.24) is 35.1 Å². The number of piperidine rings is 2. The highest BCUT2D eigenvalue weighted by molar-refractivity contribution is 5.93. The normalized spacial score (nSPS) is 20.4. The van der Waals surface area contributed by atoms with Gasteiger partial charge in [-0.1, -0.05) is 6.07 Å². The Morgan fingerprint density at radius 1 is 1.14 bits per heavy atom. The molecule has 11 heteroatoms. The van der Waals surface area contributed by atoms with Crippen molar-refractivity contribution in [3.63, 3.8) is 0 Å². The Hall–Kier alpha value is -3.44. The van der Waals surface area contributed by atoms with Gasteiger partial charge >= 0.3 is 5.97 Å². The van der Waals surface area contributed by atoms with Gasteiger partial charge in [0, 0.05) is 25.2 Å². The van der Waals surface area contributed by atoms with Gasteiger partial charge in [0.15, 0.2) is 0 Å². The lowest BCUT2D eigenvalue weighted by molar-refractivity contribution is 0.0493. The molecule has 5 heterocycles. The molecule has 3 aromatic rings. The number of fused-ring (bicyclic) bond motifs is 1. The molecule has 2 saturated heterocycles. The van der Waals surface area contributed by atoms with E-state index in [0.717, 1.165) is 73.8 Å². The molecule has 0 saturated carbocycles. The van der Waals surface area contributed by atoms with Gasteiger partial charge in [-0.3, -0.25) is 0 Å². The van der Waals surface area contributed by atoms with Crippen LogP contribution in [0.3, 0.4) is 0 Å². The van der Waals surface area contributed by atoms with Crippen LogP contribution in [0.25, 0.3) is 5.69 Å². The first-order valence-electron chi connectivity index (χ1n) is 12.5. The predicted octanol–water partition coefficient (Wildman–Crippen LogP) is 1.85. The third-order valence-corrected chi connectivity index (χ3v) is 8.10. The number of hydrogen-bond acceptors (Lipinski definition) is 10. The Labute approximate surface area is 209 Å². The molecule has 2 aromatic heterocycles. The van der Waals surface area contributed by atoms with E-state index in [2.05, 4.69) is 35.3 Å². The number of carbonyl (C=O) groups excluding carboxylic acids is 1. The number of cyclic esters (lactones) is 1. The molecule has 1 spiro atoms. The van der Waals surface area contributed by atoms with Crippen molar-refractivity contribution in [2.45, 2.75) is 45.3 Å². The van der Waals surface area contributed by atoms with E-state index in [0.29, 0.717) is 18.7 Å². The zero-order chi connectivity index (χ0) is 24.7. The summed E-state index contributed by atoms with van der Waals surface area (Å²) in [7, 11) is 0. The molecule has 2 fully saturated rings. The van der Waals surface area contributed by atoms with Crippen molar-refractivity contribution in [1.29, 1.82) is 0 Å². The van der Waals surface area contributed by atoms with Crippen LogP contribution in [0.5, 0.6) is 0 Å². The van der Waals surface area contributed by atoms with E-state index < -0.39 is 6.10 Å². The highest BCUT2D eigenvalue weighted by atomic mass is 16.5. The average molecular weight is 491 g/mol. The minimum absolute atomic E-state index is 0.249. The van der Waals surface area contributed by atoms with Crippen molar-refractivity contribution in [3.05, 3.63) is 53.1 Å². The number of β-amino-alcohol motifs (C(OH)–C–C–N with tert-alkyl or cyclic N) is 1. The zero-order valence-electron chi connectivity index (χ0n) is 20.4. The molecule has 36 heavy (non-hydrogen) atoms. The van der Waals surface area contributed by atoms with Gasteiger partial charge in [0.25, 0.3) is 0 Å². The molecule has 1 N–H and O–H groups in total.